The minimum absolute atomic E-state index is 0.487. The maximum atomic E-state index is 4.62. The number of thiazole rings is 1. The Bertz CT molecular complexity index is 532. The number of piperidine rings is 1. The summed E-state index contributed by atoms with van der Waals surface area (Å²) in [4.78, 5) is 11.5. The summed E-state index contributed by atoms with van der Waals surface area (Å²) in [5, 5.41) is 2.15. The van der Waals surface area contributed by atoms with Crippen molar-refractivity contribution in [2.75, 3.05) is 13.1 Å². The van der Waals surface area contributed by atoms with Gasteiger partial charge < -0.3 is 4.57 Å². The number of aromatic nitrogens is 3. The molecule has 5 heteroatoms. The van der Waals surface area contributed by atoms with Crippen molar-refractivity contribution in [2.24, 2.45) is 0 Å². The minimum Gasteiger partial charge on any atom is -0.332 e. The van der Waals surface area contributed by atoms with E-state index in [2.05, 4.69) is 44.9 Å². The van der Waals surface area contributed by atoms with Gasteiger partial charge in [-0.25, -0.2) is 9.97 Å². The zero-order valence-corrected chi connectivity index (χ0v) is 13.0. The van der Waals surface area contributed by atoms with E-state index in [9.17, 15) is 0 Å². The molecule has 0 amide bonds. The van der Waals surface area contributed by atoms with E-state index in [1.54, 1.807) is 11.3 Å². The molecule has 0 unspecified atom stereocenters. The fourth-order valence-electron chi connectivity index (χ4n) is 3.03. The highest BCUT2D eigenvalue weighted by Crippen LogP contribution is 2.28. The summed E-state index contributed by atoms with van der Waals surface area (Å²) in [5.74, 6) is 1.81. The first-order valence-corrected chi connectivity index (χ1v) is 8.30. The topological polar surface area (TPSA) is 34.0 Å². The lowest BCUT2D eigenvalue weighted by Gasteiger charge is -2.32. The molecule has 2 aromatic rings. The van der Waals surface area contributed by atoms with Gasteiger partial charge in [0.25, 0.3) is 0 Å². The van der Waals surface area contributed by atoms with Crippen molar-refractivity contribution in [3.05, 3.63) is 34.8 Å². The number of imidazole rings is 1. The first kappa shape index (κ1) is 13.8. The second-order valence-electron chi connectivity index (χ2n) is 5.84. The summed E-state index contributed by atoms with van der Waals surface area (Å²) < 4.78 is 2.32. The normalized spacial score (nSPS) is 20.6. The molecule has 0 saturated carbocycles. The Morgan fingerprint density at radius 1 is 1.40 bits per heavy atom. The largest absolute Gasteiger partial charge is 0.332 e. The molecule has 0 bridgehead atoms. The summed E-state index contributed by atoms with van der Waals surface area (Å²) >= 11 is 1.68. The molecule has 1 aliphatic heterocycles. The first-order valence-electron chi connectivity index (χ1n) is 7.36. The van der Waals surface area contributed by atoms with Crippen LogP contribution >= 0.6 is 11.3 Å². The van der Waals surface area contributed by atoms with Gasteiger partial charge in [-0.1, -0.05) is 0 Å². The van der Waals surface area contributed by atoms with Crippen molar-refractivity contribution in [1.29, 1.82) is 0 Å². The fourth-order valence-corrected chi connectivity index (χ4v) is 3.58. The molecule has 0 radical (unpaired) electrons. The van der Waals surface area contributed by atoms with E-state index in [4.69, 9.17) is 0 Å². The predicted octanol–water partition coefficient (Wildman–Crippen LogP) is 3.30. The van der Waals surface area contributed by atoms with Crippen LogP contribution < -0.4 is 0 Å². The highest BCUT2D eigenvalue weighted by atomic mass is 32.1. The van der Waals surface area contributed by atoms with E-state index in [0.29, 0.717) is 12.0 Å². The predicted molar refractivity (Wildman–Crippen MR) is 82.0 cm³/mol. The number of nitrogens with zero attached hydrogens (tertiary/aromatic N) is 4. The summed E-state index contributed by atoms with van der Waals surface area (Å²) in [6.45, 7) is 7.70. The second-order valence-corrected chi connectivity index (χ2v) is 6.56. The molecule has 0 N–H and O–H groups in total. The molecule has 3 rings (SSSR count). The van der Waals surface area contributed by atoms with Gasteiger partial charge in [0.15, 0.2) is 0 Å². The highest BCUT2D eigenvalue weighted by Gasteiger charge is 2.25. The molecule has 0 aromatic carbocycles. The molecule has 4 nitrogen and oxygen atoms in total. The molecule has 2 aromatic heterocycles. The van der Waals surface area contributed by atoms with E-state index in [1.165, 1.54) is 30.9 Å². The molecule has 108 valence electrons. The van der Waals surface area contributed by atoms with E-state index in [0.717, 1.165) is 13.1 Å². The highest BCUT2D eigenvalue weighted by molar-refractivity contribution is 7.07. The Morgan fingerprint density at radius 3 is 3.05 bits per heavy atom. The van der Waals surface area contributed by atoms with Crippen molar-refractivity contribution >= 4 is 11.3 Å². The molecule has 20 heavy (non-hydrogen) atoms. The molecule has 0 spiro atoms. The summed E-state index contributed by atoms with van der Waals surface area (Å²) in [6.07, 6.45) is 6.55. The SMILES string of the molecule is CC(C)n1ccnc1[C@H]1CCCN(Cc2cscn2)C1. The third-order valence-corrected chi connectivity index (χ3v) is 4.63. The van der Waals surface area contributed by atoms with Crippen LogP contribution in [0.2, 0.25) is 0 Å². The van der Waals surface area contributed by atoms with Crippen molar-refractivity contribution in [1.82, 2.24) is 19.4 Å². The number of hydrogen-bond donors (Lipinski definition) is 0. The lowest BCUT2D eigenvalue weighted by Crippen LogP contribution is -2.35. The van der Waals surface area contributed by atoms with Crippen molar-refractivity contribution < 1.29 is 0 Å². The molecule has 3 heterocycles. The summed E-state index contributed by atoms with van der Waals surface area (Å²) in [7, 11) is 0. The van der Waals surface area contributed by atoms with Gasteiger partial charge in [-0.05, 0) is 33.2 Å². The van der Waals surface area contributed by atoms with Gasteiger partial charge in [0.05, 0.1) is 11.2 Å². The van der Waals surface area contributed by atoms with Gasteiger partial charge in [0, 0.05) is 42.8 Å². The Kier molecular flexibility index (Phi) is 4.17. The Labute approximate surface area is 124 Å². The minimum atomic E-state index is 0.487. The number of likely N-dealkylation sites (tertiary alicyclic amines) is 1. The van der Waals surface area contributed by atoms with Crippen LogP contribution in [0.4, 0.5) is 0 Å². The molecular weight excluding hydrogens is 268 g/mol. The van der Waals surface area contributed by atoms with E-state index < -0.39 is 0 Å². The average Bonchev–Trinajstić information content (AvgIpc) is 3.09. The van der Waals surface area contributed by atoms with Crippen LogP contribution in [0.3, 0.4) is 0 Å². The molecule has 1 aliphatic rings. The standard InChI is InChI=1S/C15H22N4S/c1-12(2)19-7-5-16-15(19)13-4-3-6-18(8-13)9-14-10-20-11-17-14/h5,7,10-13H,3-4,6,8-9H2,1-2H3/t13-/m0/s1. The zero-order valence-electron chi connectivity index (χ0n) is 12.2. The van der Waals surface area contributed by atoms with Crippen LogP contribution in [0.25, 0.3) is 0 Å². The first-order chi connectivity index (χ1) is 9.74. The van der Waals surface area contributed by atoms with Gasteiger partial charge in [-0.15, -0.1) is 11.3 Å². The van der Waals surface area contributed by atoms with Crippen LogP contribution in [0, 0.1) is 0 Å². The second kappa shape index (κ2) is 6.06. The van der Waals surface area contributed by atoms with E-state index in [1.807, 2.05) is 11.7 Å². The smallest absolute Gasteiger partial charge is 0.113 e. The lowest BCUT2D eigenvalue weighted by molar-refractivity contribution is 0.192. The molecule has 0 aliphatic carbocycles. The van der Waals surface area contributed by atoms with Crippen LogP contribution in [0.5, 0.6) is 0 Å². The van der Waals surface area contributed by atoms with Gasteiger partial charge >= 0.3 is 0 Å². The summed E-state index contributed by atoms with van der Waals surface area (Å²) in [6, 6.07) is 0.487. The molecule has 1 fully saturated rings. The van der Waals surface area contributed by atoms with Gasteiger partial charge in [0.1, 0.15) is 5.82 Å². The van der Waals surface area contributed by atoms with Gasteiger partial charge in [-0.2, -0.15) is 0 Å². The maximum absolute atomic E-state index is 4.62. The number of rotatable bonds is 4. The maximum Gasteiger partial charge on any atom is 0.113 e. The molecule has 1 atom stereocenters. The Morgan fingerprint density at radius 2 is 2.30 bits per heavy atom. The van der Waals surface area contributed by atoms with Crippen molar-refractivity contribution in [2.45, 2.75) is 45.2 Å². The van der Waals surface area contributed by atoms with Crippen LogP contribution in [0.1, 0.15) is 50.2 Å². The summed E-state index contributed by atoms with van der Waals surface area (Å²) in [5.41, 5.74) is 3.12. The third-order valence-electron chi connectivity index (χ3n) is 3.99. The lowest BCUT2D eigenvalue weighted by atomic mass is 9.96. The van der Waals surface area contributed by atoms with Gasteiger partial charge in [-0.3, -0.25) is 4.90 Å². The average molecular weight is 290 g/mol. The van der Waals surface area contributed by atoms with Crippen molar-refractivity contribution in [3.63, 3.8) is 0 Å². The fraction of sp³-hybridized carbons (Fsp3) is 0.600. The molecular formula is C15H22N4S. The monoisotopic (exact) mass is 290 g/mol. The quantitative estimate of drug-likeness (QED) is 0.866. The van der Waals surface area contributed by atoms with Gasteiger partial charge in [0.2, 0.25) is 0 Å². The zero-order chi connectivity index (χ0) is 13.9. The molecule has 1 saturated heterocycles. The van der Waals surface area contributed by atoms with Crippen LogP contribution in [0.15, 0.2) is 23.3 Å². The van der Waals surface area contributed by atoms with Crippen LogP contribution in [-0.2, 0) is 6.54 Å². The Balaban J connectivity index is 1.70. The van der Waals surface area contributed by atoms with Crippen molar-refractivity contribution in [3.8, 4) is 0 Å². The van der Waals surface area contributed by atoms with Crippen LogP contribution in [-0.4, -0.2) is 32.5 Å². The third kappa shape index (κ3) is 2.94. The number of hydrogen-bond acceptors (Lipinski definition) is 4. The van der Waals surface area contributed by atoms with E-state index in [-0.39, 0.29) is 0 Å². The Hall–Kier alpha value is -1.20. The van der Waals surface area contributed by atoms with E-state index >= 15 is 0 Å².